The van der Waals surface area contributed by atoms with Crippen LogP contribution in [0.2, 0.25) is 0 Å². The molecule has 3 heterocycles. The molecular weight excluding hydrogens is 284 g/mol. The first kappa shape index (κ1) is 14.1. The Morgan fingerprint density at radius 3 is 3.00 bits per heavy atom. The number of nitrogens with one attached hydrogen (secondary N) is 1. The van der Waals surface area contributed by atoms with Gasteiger partial charge >= 0.3 is 0 Å². The van der Waals surface area contributed by atoms with E-state index >= 15 is 0 Å². The second-order valence-corrected chi connectivity index (χ2v) is 8.39. The molecule has 1 spiro atoms. The highest BCUT2D eigenvalue weighted by molar-refractivity contribution is 5.64. The SMILES string of the molecule is C/C=C1/C[N@+]2(C)CC[C@]34c5ccccc5N[C@H]3[C@H](CO)[C@H]1C[C@H]42. The highest BCUT2D eigenvalue weighted by Gasteiger charge is 2.70. The van der Waals surface area contributed by atoms with Crippen molar-refractivity contribution in [3.63, 3.8) is 0 Å². The average molecular weight is 311 g/mol. The van der Waals surface area contributed by atoms with Crippen molar-refractivity contribution in [3.8, 4) is 0 Å². The van der Waals surface area contributed by atoms with Crippen LogP contribution in [0.4, 0.5) is 5.69 Å². The number of likely N-dealkylation sites (N-methyl/N-ethyl adjacent to an activating group) is 1. The van der Waals surface area contributed by atoms with Gasteiger partial charge in [0.25, 0.3) is 0 Å². The third kappa shape index (κ3) is 1.49. The molecule has 122 valence electrons. The van der Waals surface area contributed by atoms with E-state index in [1.54, 1.807) is 5.57 Å². The molecule has 23 heavy (non-hydrogen) atoms. The van der Waals surface area contributed by atoms with Crippen molar-refractivity contribution in [2.24, 2.45) is 11.8 Å². The van der Waals surface area contributed by atoms with E-state index in [2.05, 4.69) is 49.6 Å². The van der Waals surface area contributed by atoms with Gasteiger partial charge in [-0.1, -0.05) is 24.3 Å². The van der Waals surface area contributed by atoms with E-state index in [0.29, 0.717) is 30.5 Å². The van der Waals surface area contributed by atoms with E-state index in [1.165, 1.54) is 41.7 Å². The summed E-state index contributed by atoms with van der Waals surface area (Å²) in [5, 5.41) is 14.1. The summed E-state index contributed by atoms with van der Waals surface area (Å²) in [5.74, 6) is 0.899. The highest BCUT2D eigenvalue weighted by Crippen LogP contribution is 2.62. The number of quaternary nitrogens is 1. The topological polar surface area (TPSA) is 32.3 Å². The average Bonchev–Trinajstić information content (AvgIpc) is 3.08. The Morgan fingerprint density at radius 2 is 2.22 bits per heavy atom. The van der Waals surface area contributed by atoms with Crippen molar-refractivity contribution < 1.29 is 9.59 Å². The summed E-state index contributed by atoms with van der Waals surface area (Å²) in [5.41, 5.74) is 4.65. The molecule has 2 saturated heterocycles. The number of aliphatic hydroxyl groups excluding tert-OH is 1. The number of rotatable bonds is 1. The van der Waals surface area contributed by atoms with E-state index < -0.39 is 0 Å². The Balaban J connectivity index is 1.74. The standard InChI is InChI=1S/C20H27N2O/c1-3-13-11-22(2)9-8-20-16-6-4-5-7-17(16)21-19(20)15(12-23)14(13)10-18(20)22/h3-7,14-15,18-19,21,23H,8-12H2,1-2H3/q+1/b13-3-/t14-,15+,18+,19-,20+,22-/m0/s1. The predicted molar refractivity (Wildman–Crippen MR) is 92.3 cm³/mol. The van der Waals surface area contributed by atoms with Gasteiger partial charge in [-0.25, -0.2) is 0 Å². The second-order valence-electron chi connectivity index (χ2n) is 8.39. The maximum absolute atomic E-state index is 10.3. The molecule has 3 fully saturated rings. The molecule has 2 N–H and O–H groups in total. The summed E-state index contributed by atoms with van der Waals surface area (Å²) >= 11 is 0. The van der Waals surface area contributed by atoms with Crippen molar-refractivity contribution in [1.29, 1.82) is 0 Å². The van der Waals surface area contributed by atoms with Crippen molar-refractivity contribution in [3.05, 3.63) is 41.5 Å². The van der Waals surface area contributed by atoms with E-state index in [0.717, 1.165) is 0 Å². The molecule has 0 aromatic heterocycles. The Bertz CT molecular complexity index is 699. The molecule has 6 atom stereocenters. The molecule has 0 amide bonds. The lowest BCUT2D eigenvalue weighted by Crippen LogP contribution is -2.67. The van der Waals surface area contributed by atoms with Gasteiger partial charge < -0.3 is 14.9 Å². The Hall–Kier alpha value is -1.32. The zero-order chi connectivity index (χ0) is 15.8. The van der Waals surface area contributed by atoms with Gasteiger partial charge in [-0.2, -0.15) is 0 Å². The number of anilines is 1. The highest BCUT2D eigenvalue weighted by atomic mass is 16.3. The number of benzene rings is 1. The Labute approximate surface area is 138 Å². The number of piperidine rings is 1. The number of para-hydroxylation sites is 1. The van der Waals surface area contributed by atoms with Gasteiger partial charge in [0.05, 0.1) is 19.0 Å². The van der Waals surface area contributed by atoms with Crippen LogP contribution in [0.1, 0.15) is 25.3 Å². The summed E-state index contributed by atoms with van der Waals surface area (Å²) in [6.07, 6.45) is 4.83. The van der Waals surface area contributed by atoms with E-state index in [4.69, 9.17) is 0 Å². The van der Waals surface area contributed by atoms with Crippen LogP contribution in [0.5, 0.6) is 0 Å². The van der Waals surface area contributed by atoms with Crippen LogP contribution in [0.15, 0.2) is 35.9 Å². The molecule has 2 bridgehead atoms. The summed E-state index contributed by atoms with van der Waals surface area (Å²) in [4.78, 5) is 0. The van der Waals surface area contributed by atoms with E-state index in [9.17, 15) is 5.11 Å². The van der Waals surface area contributed by atoms with Crippen LogP contribution >= 0.6 is 0 Å². The van der Waals surface area contributed by atoms with Gasteiger partial charge in [-0.3, -0.25) is 0 Å². The van der Waals surface area contributed by atoms with E-state index in [-0.39, 0.29) is 5.41 Å². The molecule has 3 heteroatoms. The van der Waals surface area contributed by atoms with Crippen LogP contribution in [-0.2, 0) is 5.41 Å². The summed E-state index contributed by atoms with van der Waals surface area (Å²) < 4.78 is 1.20. The first-order valence-corrected chi connectivity index (χ1v) is 9.10. The first-order chi connectivity index (χ1) is 11.1. The normalized spacial score (nSPS) is 48.0. The van der Waals surface area contributed by atoms with E-state index in [1.807, 2.05) is 0 Å². The Kier molecular flexibility index (Phi) is 2.69. The summed E-state index contributed by atoms with van der Waals surface area (Å²) in [6, 6.07) is 10.0. The fraction of sp³-hybridized carbons (Fsp3) is 0.600. The number of fused-ring (bicyclic) bond motifs is 2. The molecule has 4 aliphatic rings. The zero-order valence-electron chi connectivity index (χ0n) is 14.1. The van der Waals surface area contributed by atoms with Gasteiger partial charge in [-0.15, -0.1) is 0 Å². The number of aliphatic hydroxyl groups is 1. The largest absolute Gasteiger partial charge is 0.396 e. The molecule has 1 aromatic rings. The number of nitrogens with zero attached hydrogens (tertiary/aromatic N) is 1. The monoisotopic (exact) mass is 311 g/mol. The molecule has 3 aliphatic heterocycles. The molecule has 0 radical (unpaired) electrons. The van der Waals surface area contributed by atoms with Crippen LogP contribution in [0.3, 0.4) is 0 Å². The fourth-order valence-electron chi connectivity index (χ4n) is 6.76. The zero-order valence-corrected chi connectivity index (χ0v) is 14.1. The van der Waals surface area contributed by atoms with Crippen molar-refractivity contribution >= 4 is 5.69 Å². The number of hydrogen-bond acceptors (Lipinski definition) is 2. The molecule has 5 rings (SSSR count). The molecule has 1 saturated carbocycles. The maximum Gasteiger partial charge on any atom is 0.102 e. The van der Waals surface area contributed by atoms with Crippen molar-refractivity contribution in [2.45, 2.75) is 37.3 Å². The van der Waals surface area contributed by atoms with Gasteiger partial charge in [0, 0.05) is 37.1 Å². The maximum atomic E-state index is 10.3. The van der Waals surface area contributed by atoms with Crippen LogP contribution in [-0.4, -0.2) is 48.4 Å². The van der Waals surface area contributed by atoms with Crippen LogP contribution in [0.25, 0.3) is 0 Å². The third-order valence-corrected chi connectivity index (χ3v) is 7.70. The van der Waals surface area contributed by atoms with Crippen molar-refractivity contribution in [1.82, 2.24) is 0 Å². The summed E-state index contributed by atoms with van der Waals surface area (Å²) in [6.45, 7) is 4.93. The lowest BCUT2D eigenvalue weighted by Gasteiger charge is -2.56. The molecule has 1 aromatic carbocycles. The minimum atomic E-state index is 0.231. The first-order valence-electron chi connectivity index (χ1n) is 9.10. The smallest absolute Gasteiger partial charge is 0.102 e. The lowest BCUT2D eigenvalue weighted by molar-refractivity contribution is -0.925. The molecule has 1 aliphatic carbocycles. The molecule has 0 unspecified atom stereocenters. The van der Waals surface area contributed by atoms with Crippen LogP contribution in [0, 0.1) is 11.8 Å². The quantitative estimate of drug-likeness (QED) is 0.617. The second kappa shape index (κ2) is 4.40. The number of hydrogen-bond donors (Lipinski definition) is 2. The fourth-order valence-corrected chi connectivity index (χ4v) is 6.76. The third-order valence-electron chi connectivity index (χ3n) is 7.70. The van der Waals surface area contributed by atoms with Gasteiger partial charge in [0.2, 0.25) is 0 Å². The van der Waals surface area contributed by atoms with Gasteiger partial charge in [0.15, 0.2) is 0 Å². The lowest BCUT2D eigenvalue weighted by atomic mass is 9.55. The Morgan fingerprint density at radius 1 is 1.39 bits per heavy atom. The predicted octanol–water partition coefficient (Wildman–Crippen LogP) is 2.53. The van der Waals surface area contributed by atoms with Gasteiger partial charge in [0.1, 0.15) is 12.6 Å². The minimum Gasteiger partial charge on any atom is -0.396 e. The summed E-state index contributed by atoms with van der Waals surface area (Å²) in [7, 11) is 2.47. The molecule has 3 nitrogen and oxygen atoms in total. The number of allylic oxidation sites excluding steroid dienone is 1. The minimum absolute atomic E-state index is 0.231. The van der Waals surface area contributed by atoms with Gasteiger partial charge in [-0.05, 0) is 30.0 Å². The van der Waals surface area contributed by atoms with Crippen molar-refractivity contribution in [2.75, 3.05) is 32.1 Å². The van der Waals surface area contributed by atoms with Crippen LogP contribution < -0.4 is 5.32 Å². The molecular formula is C20H27N2O+.